The van der Waals surface area contributed by atoms with Gasteiger partial charge in [0.05, 0.1) is 33.6 Å². The van der Waals surface area contributed by atoms with Gasteiger partial charge in [0.1, 0.15) is 17.2 Å². The van der Waals surface area contributed by atoms with Crippen LogP contribution in [0.2, 0.25) is 0 Å². The Morgan fingerprint density at radius 1 is 0.960 bits per heavy atom. The van der Waals surface area contributed by atoms with Crippen LogP contribution in [0, 0.1) is 0 Å². The van der Waals surface area contributed by atoms with E-state index in [0.717, 1.165) is 17.7 Å². The molecule has 0 spiro atoms. The quantitative estimate of drug-likeness (QED) is 0.684. The minimum absolute atomic E-state index is 0.130. The molecule has 0 aromatic heterocycles. The molecule has 0 unspecified atom stereocenters. The summed E-state index contributed by atoms with van der Waals surface area (Å²) in [7, 11) is 4.78. The average Bonchev–Trinajstić information content (AvgIpc) is 2.65. The fraction of sp³-hybridized carbons (Fsp3) is 0.316. The molecule has 6 nitrogen and oxygen atoms in total. The summed E-state index contributed by atoms with van der Waals surface area (Å²) >= 11 is 0. The van der Waals surface area contributed by atoms with Gasteiger partial charge in [-0.15, -0.1) is 0 Å². The standard InChI is InChI=1S/C19H24N2O4/c1-23-15-6-4-5-14(11-15)9-10-20-13-19(22)21-17-8-7-16(24-2)12-18(17)25-3/h4-8,11-12,20H,9-10,13H2,1-3H3,(H,21,22). The second kappa shape index (κ2) is 9.54. The Hall–Kier alpha value is -2.73. The van der Waals surface area contributed by atoms with Crippen molar-refractivity contribution < 1.29 is 19.0 Å². The van der Waals surface area contributed by atoms with Crippen molar-refractivity contribution in [1.29, 1.82) is 0 Å². The summed E-state index contributed by atoms with van der Waals surface area (Å²) in [5.41, 5.74) is 1.77. The van der Waals surface area contributed by atoms with Crippen molar-refractivity contribution in [3.63, 3.8) is 0 Å². The molecule has 0 radical (unpaired) electrons. The maximum atomic E-state index is 12.1. The Balaban J connectivity index is 1.79. The van der Waals surface area contributed by atoms with Crippen LogP contribution in [0.25, 0.3) is 0 Å². The van der Waals surface area contributed by atoms with Crippen LogP contribution in [-0.2, 0) is 11.2 Å². The lowest BCUT2D eigenvalue weighted by Crippen LogP contribution is -2.29. The molecule has 134 valence electrons. The molecule has 1 amide bonds. The molecule has 2 rings (SSSR count). The number of hydrogen-bond acceptors (Lipinski definition) is 5. The molecule has 0 fully saturated rings. The molecule has 2 N–H and O–H groups in total. The van der Waals surface area contributed by atoms with Crippen molar-refractivity contribution in [2.75, 3.05) is 39.7 Å². The Labute approximate surface area is 148 Å². The van der Waals surface area contributed by atoms with Gasteiger partial charge in [0.25, 0.3) is 0 Å². The Morgan fingerprint density at radius 2 is 1.72 bits per heavy atom. The van der Waals surface area contributed by atoms with Gasteiger partial charge in [0, 0.05) is 6.07 Å². The Bertz CT molecular complexity index is 704. The van der Waals surface area contributed by atoms with Gasteiger partial charge in [0.2, 0.25) is 5.91 Å². The third-order valence-corrected chi connectivity index (χ3v) is 3.69. The monoisotopic (exact) mass is 344 g/mol. The van der Waals surface area contributed by atoms with Gasteiger partial charge in [-0.25, -0.2) is 0 Å². The molecule has 0 aliphatic heterocycles. The summed E-state index contributed by atoms with van der Waals surface area (Å²) in [5.74, 6) is 1.94. The van der Waals surface area contributed by atoms with Crippen LogP contribution in [-0.4, -0.2) is 40.3 Å². The van der Waals surface area contributed by atoms with E-state index in [1.54, 1.807) is 39.5 Å². The van der Waals surface area contributed by atoms with E-state index in [4.69, 9.17) is 14.2 Å². The summed E-state index contributed by atoms with van der Waals surface area (Å²) in [6.45, 7) is 0.916. The molecule has 0 saturated heterocycles. The number of benzene rings is 2. The van der Waals surface area contributed by atoms with E-state index in [1.165, 1.54) is 0 Å². The van der Waals surface area contributed by atoms with E-state index in [0.29, 0.717) is 23.7 Å². The third-order valence-electron chi connectivity index (χ3n) is 3.69. The van der Waals surface area contributed by atoms with Crippen molar-refractivity contribution in [3.8, 4) is 17.2 Å². The number of ether oxygens (including phenoxy) is 3. The summed E-state index contributed by atoms with van der Waals surface area (Å²) in [6.07, 6.45) is 0.816. The summed E-state index contributed by atoms with van der Waals surface area (Å²) in [6, 6.07) is 13.1. The number of hydrogen-bond donors (Lipinski definition) is 2. The fourth-order valence-electron chi connectivity index (χ4n) is 2.36. The van der Waals surface area contributed by atoms with Crippen molar-refractivity contribution in [1.82, 2.24) is 5.32 Å². The van der Waals surface area contributed by atoms with Crippen LogP contribution < -0.4 is 24.8 Å². The molecule has 0 bridgehead atoms. The first-order valence-corrected chi connectivity index (χ1v) is 8.01. The van der Waals surface area contributed by atoms with Crippen molar-refractivity contribution in [2.45, 2.75) is 6.42 Å². The molecule has 2 aromatic carbocycles. The van der Waals surface area contributed by atoms with E-state index in [2.05, 4.69) is 10.6 Å². The third kappa shape index (κ3) is 5.69. The molecule has 0 heterocycles. The van der Waals surface area contributed by atoms with Crippen molar-refractivity contribution >= 4 is 11.6 Å². The second-order valence-electron chi connectivity index (χ2n) is 5.39. The maximum Gasteiger partial charge on any atom is 0.238 e. The number of carbonyl (C=O) groups excluding carboxylic acids is 1. The molecular weight excluding hydrogens is 320 g/mol. The Kier molecular flexibility index (Phi) is 7.10. The zero-order chi connectivity index (χ0) is 18.1. The van der Waals surface area contributed by atoms with E-state index in [9.17, 15) is 4.79 Å². The summed E-state index contributed by atoms with van der Waals surface area (Å²) in [4.78, 5) is 12.1. The summed E-state index contributed by atoms with van der Waals surface area (Å²) < 4.78 is 15.6. The highest BCUT2D eigenvalue weighted by Gasteiger charge is 2.08. The second-order valence-corrected chi connectivity index (χ2v) is 5.39. The Morgan fingerprint density at radius 3 is 2.44 bits per heavy atom. The normalized spacial score (nSPS) is 10.2. The number of carbonyl (C=O) groups is 1. The van der Waals surface area contributed by atoms with Gasteiger partial charge in [-0.3, -0.25) is 4.79 Å². The molecule has 0 saturated carbocycles. The summed E-state index contributed by atoms with van der Waals surface area (Å²) in [5, 5.41) is 5.96. The molecule has 2 aromatic rings. The molecule has 0 atom stereocenters. The van der Waals surface area contributed by atoms with Crippen LogP contribution >= 0.6 is 0 Å². The van der Waals surface area contributed by atoms with Crippen molar-refractivity contribution in [2.24, 2.45) is 0 Å². The SMILES string of the molecule is COc1cccc(CCNCC(=O)Nc2ccc(OC)cc2OC)c1. The first kappa shape index (κ1) is 18.6. The number of anilines is 1. The maximum absolute atomic E-state index is 12.1. The topological polar surface area (TPSA) is 68.8 Å². The van der Waals surface area contributed by atoms with Gasteiger partial charge in [0.15, 0.2) is 0 Å². The minimum atomic E-state index is -0.130. The first-order valence-electron chi connectivity index (χ1n) is 8.01. The predicted molar refractivity (Wildman–Crippen MR) is 97.7 cm³/mol. The van der Waals surface area contributed by atoms with E-state index < -0.39 is 0 Å². The van der Waals surface area contributed by atoms with Crippen molar-refractivity contribution in [3.05, 3.63) is 48.0 Å². The van der Waals surface area contributed by atoms with Crippen LogP contribution in [0.3, 0.4) is 0 Å². The number of methoxy groups -OCH3 is 3. The van der Waals surface area contributed by atoms with Gasteiger partial charge < -0.3 is 24.8 Å². The fourth-order valence-corrected chi connectivity index (χ4v) is 2.36. The first-order chi connectivity index (χ1) is 12.2. The molecular formula is C19H24N2O4. The van der Waals surface area contributed by atoms with Gasteiger partial charge in [-0.2, -0.15) is 0 Å². The number of rotatable bonds is 9. The lowest BCUT2D eigenvalue weighted by Gasteiger charge is -2.12. The molecule has 25 heavy (non-hydrogen) atoms. The van der Waals surface area contributed by atoms with Gasteiger partial charge >= 0.3 is 0 Å². The van der Waals surface area contributed by atoms with Crippen LogP contribution in [0.4, 0.5) is 5.69 Å². The highest BCUT2D eigenvalue weighted by Crippen LogP contribution is 2.28. The largest absolute Gasteiger partial charge is 0.497 e. The molecule has 6 heteroatoms. The lowest BCUT2D eigenvalue weighted by atomic mass is 10.1. The molecule has 0 aliphatic carbocycles. The number of amides is 1. The van der Waals surface area contributed by atoms with Crippen LogP contribution in [0.15, 0.2) is 42.5 Å². The average molecular weight is 344 g/mol. The highest BCUT2D eigenvalue weighted by molar-refractivity contribution is 5.93. The predicted octanol–water partition coefficient (Wildman–Crippen LogP) is 2.48. The zero-order valence-electron chi connectivity index (χ0n) is 14.8. The van der Waals surface area contributed by atoms with Crippen LogP contribution in [0.1, 0.15) is 5.56 Å². The minimum Gasteiger partial charge on any atom is -0.497 e. The zero-order valence-corrected chi connectivity index (χ0v) is 14.8. The van der Waals surface area contributed by atoms with Gasteiger partial charge in [-0.1, -0.05) is 12.1 Å². The molecule has 0 aliphatic rings. The van der Waals surface area contributed by atoms with Gasteiger partial charge in [-0.05, 0) is 42.8 Å². The lowest BCUT2D eigenvalue weighted by molar-refractivity contribution is -0.115. The van der Waals surface area contributed by atoms with Crippen LogP contribution in [0.5, 0.6) is 17.2 Å². The number of nitrogens with one attached hydrogen (secondary N) is 2. The van der Waals surface area contributed by atoms with E-state index in [-0.39, 0.29) is 12.5 Å². The van der Waals surface area contributed by atoms with E-state index >= 15 is 0 Å². The van der Waals surface area contributed by atoms with E-state index in [1.807, 2.05) is 24.3 Å². The highest BCUT2D eigenvalue weighted by atomic mass is 16.5. The smallest absolute Gasteiger partial charge is 0.238 e.